The van der Waals surface area contributed by atoms with Gasteiger partial charge in [-0.3, -0.25) is 14.4 Å². The molecule has 1 aliphatic rings. The lowest BCUT2D eigenvalue weighted by atomic mass is 9.79. The molecule has 1 unspecified atom stereocenters. The highest BCUT2D eigenvalue weighted by molar-refractivity contribution is 6.01. The topological polar surface area (TPSA) is 83.5 Å². The first-order chi connectivity index (χ1) is 18.3. The van der Waals surface area contributed by atoms with Gasteiger partial charge in [0.1, 0.15) is 6.61 Å². The molecule has 3 rings (SSSR count). The van der Waals surface area contributed by atoms with Gasteiger partial charge in [0.05, 0.1) is 11.1 Å². The number of aliphatic hydroxyl groups is 1. The van der Waals surface area contributed by atoms with Crippen LogP contribution in [0.15, 0.2) is 36.4 Å². The Morgan fingerprint density at radius 2 is 1.49 bits per heavy atom. The summed E-state index contributed by atoms with van der Waals surface area (Å²) in [6, 6.07) is 6.11. The standard InChI is InChI=1S/C28H29F6NO4/c29-27(30,31)20-12-17(13-21(15-20)28(32,33)34)11-19-8-7-18-14-22(9-10-24(18)26(19)39)35-25(38)6-4-2-1-3-5-23(37)16-36/h9-10,12-15,19,36H,1-8,11,16H2,(H,35,38). The lowest BCUT2D eigenvalue weighted by Crippen LogP contribution is -2.25. The summed E-state index contributed by atoms with van der Waals surface area (Å²) in [4.78, 5) is 36.4. The number of aryl methyl sites for hydroxylation is 1. The number of hydrogen-bond acceptors (Lipinski definition) is 4. The van der Waals surface area contributed by atoms with Gasteiger partial charge in [0.25, 0.3) is 0 Å². The highest BCUT2D eigenvalue weighted by atomic mass is 19.4. The maximum Gasteiger partial charge on any atom is 0.416 e. The van der Waals surface area contributed by atoms with Crippen molar-refractivity contribution in [1.82, 2.24) is 0 Å². The van der Waals surface area contributed by atoms with Crippen LogP contribution >= 0.6 is 0 Å². The van der Waals surface area contributed by atoms with Crippen molar-refractivity contribution in [3.8, 4) is 0 Å². The van der Waals surface area contributed by atoms with Crippen LogP contribution in [0, 0.1) is 5.92 Å². The smallest absolute Gasteiger partial charge is 0.389 e. The molecule has 0 bridgehead atoms. The minimum Gasteiger partial charge on any atom is -0.389 e. The predicted octanol–water partition coefficient (Wildman–Crippen LogP) is 6.55. The summed E-state index contributed by atoms with van der Waals surface area (Å²) in [7, 11) is 0. The average molecular weight is 558 g/mol. The monoisotopic (exact) mass is 557 g/mol. The van der Waals surface area contributed by atoms with Crippen molar-refractivity contribution >= 4 is 23.2 Å². The lowest BCUT2D eigenvalue weighted by molar-refractivity contribution is -0.143. The third-order valence-corrected chi connectivity index (χ3v) is 6.70. The minimum atomic E-state index is -4.96. The number of Topliss-reactive ketones (excluding diaryl/α,β-unsaturated/α-hetero) is 2. The van der Waals surface area contributed by atoms with Crippen LogP contribution in [0.1, 0.15) is 77.6 Å². The van der Waals surface area contributed by atoms with E-state index < -0.39 is 36.0 Å². The molecule has 11 heteroatoms. The van der Waals surface area contributed by atoms with Crippen LogP contribution in [0.2, 0.25) is 0 Å². The molecule has 0 heterocycles. The Kier molecular flexibility index (Phi) is 9.93. The summed E-state index contributed by atoms with van der Waals surface area (Å²) in [5.74, 6) is -1.56. The fourth-order valence-corrected chi connectivity index (χ4v) is 4.68. The molecule has 39 heavy (non-hydrogen) atoms. The number of nitrogens with one attached hydrogen (secondary N) is 1. The summed E-state index contributed by atoms with van der Waals surface area (Å²) in [5, 5.41) is 11.5. The first kappa shape index (κ1) is 30.3. The summed E-state index contributed by atoms with van der Waals surface area (Å²) in [6.45, 7) is -0.464. The van der Waals surface area contributed by atoms with E-state index in [1.807, 2.05) is 0 Å². The number of hydrogen-bond donors (Lipinski definition) is 2. The fourth-order valence-electron chi connectivity index (χ4n) is 4.68. The number of alkyl halides is 6. The minimum absolute atomic E-state index is 0.0682. The van der Waals surface area contributed by atoms with Crippen molar-refractivity contribution < 1.29 is 45.8 Å². The van der Waals surface area contributed by atoms with E-state index >= 15 is 0 Å². The van der Waals surface area contributed by atoms with E-state index in [4.69, 9.17) is 5.11 Å². The Hall–Kier alpha value is -3.21. The van der Waals surface area contributed by atoms with E-state index in [-0.39, 0.29) is 48.4 Å². The van der Waals surface area contributed by atoms with Gasteiger partial charge in [0.15, 0.2) is 11.6 Å². The largest absolute Gasteiger partial charge is 0.416 e. The molecule has 1 atom stereocenters. The number of fused-ring (bicyclic) bond motifs is 1. The van der Waals surface area contributed by atoms with Gasteiger partial charge >= 0.3 is 12.4 Å². The van der Waals surface area contributed by atoms with Crippen LogP contribution in [0.25, 0.3) is 0 Å². The van der Waals surface area contributed by atoms with Crippen LogP contribution in [0.5, 0.6) is 0 Å². The number of ketones is 2. The second-order valence-electron chi connectivity index (χ2n) is 9.75. The predicted molar refractivity (Wildman–Crippen MR) is 131 cm³/mol. The molecule has 1 aliphatic carbocycles. The molecule has 1 amide bonds. The van der Waals surface area contributed by atoms with Crippen molar-refractivity contribution in [1.29, 1.82) is 0 Å². The normalized spacial score (nSPS) is 15.7. The lowest BCUT2D eigenvalue weighted by Gasteiger charge is -2.24. The highest BCUT2D eigenvalue weighted by Crippen LogP contribution is 2.38. The van der Waals surface area contributed by atoms with E-state index in [9.17, 15) is 40.7 Å². The van der Waals surface area contributed by atoms with E-state index in [1.54, 1.807) is 12.1 Å². The van der Waals surface area contributed by atoms with Gasteiger partial charge in [-0.15, -0.1) is 0 Å². The van der Waals surface area contributed by atoms with Gasteiger partial charge in [-0.2, -0.15) is 26.3 Å². The first-order valence-corrected chi connectivity index (χ1v) is 12.7. The first-order valence-electron chi connectivity index (χ1n) is 12.7. The average Bonchev–Trinajstić information content (AvgIpc) is 2.86. The van der Waals surface area contributed by atoms with Gasteiger partial charge < -0.3 is 10.4 Å². The molecule has 0 aliphatic heterocycles. The third-order valence-electron chi connectivity index (χ3n) is 6.70. The summed E-state index contributed by atoms with van der Waals surface area (Å²) < 4.78 is 79.1. The van der Waals surface area contributed by atoms with Gasteiger partial charge in [-0.05, 0) is 79.6 Å². The van der Waals surface area contributed by atoms with Gasteiger partial charge in [0, 0.05) is 30.0 Å². The molecule has 0 aromatic heterocycles. The summed E-state index contributed by atoms with van der Waals surface area (Å²) in [6.07, 6.45) is -6.17. The van der Waals surface area contributed by atoms with Crippen LogP contribution in [0.3, 0.4) is 0 Å². The fraction of sp³-hybridized carbons (Fsp3) is 0.464. The van der Waals surface area contributed by atoms with Crippen LogP contribution in [-0.4, -0.2) is 29.2 Å². The van der Waals surface area contributed by atoms with E-state index in [0.717, 1.165) is 12.8 Å². The molecular weight excluding hydrogens is 528 g/mol. The maximum absolute atomic E-state index is 13.2. The quantitative estimate of drug-likeness (QED) is 0.242. The van der Waals surface area contributed by atoms with Crippen molar-refractivity contribution in [3.63, 3.8) is 0 Å². The number of carbonyl (C=O) groups is 3. The summed E-state index contributed by atoms with van der Waals surface area (Å²) >= 11 is 0. The maximum atomic E-state index is 13.2. The van der Waals surface area contributed by atoms with E-state index in [2.05, 4.69) is 5.32 Å². The number of unbranched alkanes of at least 4 members (excludes halogenated alkanes) is 3. The van der Waals surface area contributed by atoms with Crippen LogP contribution < -0.4 is 5.32 Å². The molecule has 0 fully saturated rings. The van der Waals surface area contributed by atoms with Crippen LogP contribution in [-0.2, 0) is 34.8 Å². The molecule has 0 spiro atoms. The molecule has 0 saturated carbocycles. The SMILES string of the molecule is O=C(CO)CCCCCCC(=O)Nc1ccc2c(c1)CCC(Cc1cc(C(F)(F)F)cc(C(F)(F)F)c1)C2=O. The molecule has 2 aromatic carbocycles. The van der Waals surface area contributed by atoms with Gasteiger partial charge in [-0.25, -0.2) is 0 Å². The zero-order valence-electron chi connectivity index (χ0n) is 21.1. The second kappa shape index (κ2) is 12.8. The van der Waals surface area contributed by atoms with Gasteiger partial charge in [-0.1, -0.05) is 12.8 Å². The number of rotatable bonds is 11. The third kappa shape index (κ3) is 8.64. The zero-order valence-corrected chi connectivity index (χ0v) is 21.1. The van der Waals surface area contributed by atoms with Gasteiger partial charge in [0.2, 0.25) is 5.91 Å². The van der Waals surface area contributed by atoms with E-state index in [0.29, 0.717) is 54.6 Å². The molecule has 0 radical (unpaired) electrons. The number of benzene rings is 2. The Bertz CT molecular complexity index is 1170. The Balaban J connectivity index is 1.60. The Morgan fingerprint density at radius 3 is 2.08 bits per heavy atom. The molecule has 212 valence electrons. The number of aliphatic hydroxyl groups excluding tert-OH is 1. The van der Waals surface area contributed by atoms with E-state index in [1.165, 1.54) is 6.07 Å². The second-order valence-corrected chi connectivity index (χ2v) is 9.75. The highest BCUT2D eigenvalue weighted by Gasteiger charge is 2.37. The molecule has 5 nitrogen and oxygen atoms in total. The molecular formula is C28H29F6NO4. The molecule has 0 saturated heterocycles. The Morgan fingerprint density at radius 1 is 0.872 bits per heavy atom. The van der Waals surface area contributed by atoms with Crippen LogP contribution in [0.4, 0.5) is 32.0 Å². The van der Waals surface area contributed by atoms with Crippen molar-refractivity contribution in [3.05, 3.63) is 64.2 Å². The molecule has 2 N–H and O–H groups in total. The molecule has 2 aromatic rings. The number of amides is 1. The van der Waals surface area contributed by atoms with Crippen molar-refractivity contribution in [2.24, 2.45) is 5.92 Å². The number of anilines is 1. The Labute approximate surface area is 221 Å². The van der Waals surface area contributed by atoms with Crippen molar-refractivity contribution in [2.75, 3.05) is 11.9 Å². The number of carbonyl (C=O) groups excluding carboxylic acids is 3. The zero-order chi connectivity index (χ0) is 28.8. The summed E-state index contributed by atoms with van der Waals surface area (Å²) in [5.41, 5.74) is -1.54. The number of halogens is 6. The van der Waals surface area contributed by atoms with Crippen molar-refractivity contribution in [2.45, 2.75) is 70.1 Å².